The Morgan fingerprint density at radius 1 is 0.515 bits per heavy atom. The molecule has 0 amide bonds. The molecule has 0 bridgehead atoms. The van der Waals surface area contributed by atoms with Crippen molar-refractivity contribution in [1.82, 2.24) is 0 Å². The van der Waals surface area contributed by atoms with Crippen LogP contribution < -0.4 is 0 Å². The molecule has 0 aromatic heterocycles. The molecule has 0 heterocycles. The number of ether oxygens (including phenoxy) is 1. The van der Waals surface area contributed by atoms with Gasteiger partial charge < -0.3 is 4.74 Å². The van der Waals surface area contributed by atoms with Crippen molar-refractivity contribution in [2.75, 3.05) is 13.2 Å². The van der Waals surface area contributed by atoms with Crippen LogP contribution in [0.1, 0.15) is 115 Å². The van der Waals surface area contributed by atoms with E-state index in [0.29, 0.717) is 0 Å². The minimum Gasteiger partial charge on any atom is -0.381 e. The van der Waals surface area contributed by atoms with Gasteiger partial charge in [-0.1, -0.05) is 103 Å². The first-order chi connectivity index (χ1) is 15.8. The summed E-state index contributed by atoms with van der Waals surface area (Å²) in [6, 6.07) is 18.6. The van der Waals surface area contributed by atoms with E-state index in [2.05, 4.69) is 90.1 Å². The molecule has 33 heavy (non-hydrogen) atoms. The number of benzene rings is 2. The van der Waals surface area contributed by atoms with Crippen LogP contribution >= 0.6 is 0 Å². The van der Waals surface area contributed by atoms with Crippen LogP contribution in [-0.2, 0) is 28.4 Å². The quantitative estimate of drug-likeness (QED) is 0.232. The van der Waals surface area contributed by atoms with Gasteiger partial charge >= 0.3 is 0 Å². The summed E-state index contributed by atoms with van der Waals surface area (Å²) in [5, 5.41) is 0. The third kappa shape index (κ3) is 9.65. The number of hydrogen-bond donors (Lipinski definition) is 0. The van der Waals surface area contributed by atoms with Crippen molar-refractivity contribution in [1.29, 1.82) is 0 Å². The van der Waals surface area contributed by atoms with E-state index >= 15 is 0 Å². The first-order valence-corrected chi connectivity index (χ1v) is 13.5. The molecule has 0 spiro atoms. The lowest BCUT2D eigenvalue weighted by Gasteiger charge is -2.23. The topological polar surface area (TPSA) is 9.23 Å². The molecule has 0 fully saturated rings. The van der Waals surface area contributed by atoms with E-state index in [1.807, 2.05) is 0 Å². The molecule has 0 atom stereocenters. The number of aryl methyl sites for hydroxylation is 2. The lowest BCUT2D eigenvalue weighted by Crippen LogP contribution is -2.15. The summed E-state index contributed by atoms with van der Waals surface area (Å²) in [6.07, 6.45) is 12.1. The molecule has 0 aliphatic carbocycles. The molecule has 0 unspecified atom stereocenters. The van der Waals surface area contributed by atoms with Crippen molar-refractivity contribution >= 4 is 0 Å². The van der Waals surface area contributed by atoms with Gasteiger partial charge in [-0.25, -0.2) is 0 Å². The summed E-state index contributed by atoms with van der Waals surface area (Å²) in [6.45, 7) is 15.7. The van der Waals surface area contributed by atoms with Gasteiger partial charge in [0.25, 0.3) is 0 Å². The number of hydrogen-bond acceptors (Lipinski definition) is 1. The molecule has 2 aromatic carbocycles. The zero-order chi connectivity index (χ0) is 24.2. The van der Waals surface area contributed by atoms with Crippen molar-refractivity contribution in [3.05, 3.63) is 70.8 Å². The second-order valence-electron chi connectivity index (χ2n) is 11.1. The van der Waals surface area contributed by atoms with Crippen LogP contribution in [0.5, 0.6) is 0 Å². The van der Waals surface area contributed by atoms with E-state index in [4.69, 9.17) is 4.74 Å². The third-order valence-electron chi connectivity index (χ3n) is 7.75. The highest BCUT2D eigenvalue weighted by atomic mass is 16.5. The van der Waals surface area contributed by atoms with Crippen LogP contribution in [0, 0.1) is 0 Å². The SMILES string of the molecule is CCC(C)(C)c1ccc(CCCCCOCCCCCc2ccc(C(C)(C)CC)cc2)cc1. The summed E-state index contributed by atoms with van der Waals surface area (Å²) in [4.78, 5) is 0. The zero-order valence-electron chi connectivity index (χ0n) is 22.5. The van der Waals surface area contributed by atoms with Gasteiger partial charge in [-0.2, -0.15) is 0 Å². The van der Waals surface area contributed by atoms with Gasteiger partial charge in [-0.3, -0.25) is 0 Å². The van der Waals surface area contributed by atoms with Crippen molar-refractivity contribution < 1.29 is 4.74 Å². The van der Waals surface area contributed by atoms with E-state index in [-0.39, 0.29) is 10.8 Å². The Bertz CT molecular complexity index is 700. The molecule has 0 aliphatic rings. The molecular formula is C32H50O. The van der Waals surface area contributed by atoms with Crippen LogP contribution in [0.4, 0.5) is 0 Å². The maximum absolute atomic E-state index is 5.87. The van der Waals surface area contributed by atoms with Crippen LogP contribution in [-0.4, -0.2) is 13.2 Å². The van der Waals surface area contributed by atoms with E-state index in [9.17, 15) is 0 Å². The summed E-state index contributed by atoms with van der Waals surface area (Å²) < 4.78 is 5.87. The molecule has 2 aromatic rings. The molecular weight excluding hydrogens is 400 g/mol. The second kappa shape index (κ2) is 14.0. The van der Waals surface area contributed by atoms with Crippen molar-refractivity contribution in [3.8, 4) is 0 Å². The smallest absolute Gasteiger partial charge is 0.0466 e. The molecule has 184 valence electrons. The van der Waals surface area contributed by atoms with Gasteiger partial charge in [-0.05, 0) is 84.5 Å². The van der Waals surface area contributed by atoms with Crippen molar-refractivity contribution in [3.63, 3.8) is 0 Å². The molecule has 0 radical (unpaired) electrons. The van der Waals surface area contributed by atoms with Gasteiger partial charge in [0, 0.05) is 13.2 Å². The van der Waals surface area contributed by atoms with E-state index < -0.39 is 0 Å². The molecule has 0 saturated heterocycles. The number of unbranched alkanes of at least 4 members (excludes halogenated alkanes) is 4. The van der Waals surface area contributed by atoms with Gasteiger partial charge in [-0.15, -0.1) is 0 Å². The molecule has 2 rings (SSSR count). The average Bonchev–Trinajstić information content (AvgIpc) is 2.83. The standard InChI is InChI=1S/C32H50O/c1-7-31(3,4)29-21-17-27(18-22-29)15-11-9-13-25-33-26-14-10-12-16-28-19-23-30(24-20-28)32(5,6)8-2/h17-24H,7-16,25-26H2,1-6H3. The van der Waals surface area contributed by atoms with Gasteiger partial charge in [0.15, 0.2) is 0 Å². The molecule has 0 aliphatic heterocycles. The Labute approximate surface area is 205 Å². The molecule has 0 N–H and O–H groups in total. The van der Waals surface area contributed by atoms with Crippen LogP contribution in [0.15, 0.2) is 48.5 Å². The lowest BCUT2D eigenvalue weighted by atomic mass is 9.82. The Balaban J connectivity index is 1.47. The second-order valence-corrected chi connectivity index (χ2v) is 11.1. The molecule has 1 heteroatoms. The maximum Gasteiger partial charge on any atom is 0.0466 e. The van der Waals surface area contributed by atoms with Gasteiger partial charge in [0.05, 0.1) is 0 Å². The van der Waals surface area contributed by atoms with Crippen molar-refractivity contribution in [2.45, 2.75) is 117 Å². The fourth-order valence-electron chi connectivity index (χ4n) is 4.18. The molecule has 0 saturated carbocycles. The zero-order valence-corrected chi connectivity index (χ0v) is 22.5. The third-order valence-corrected chi connectivity index (χ3v) is 7.75. The predicted octanol–water partition coefficient (Wildman–Crippen LogP) is 9.20. The van der Waals surface area contributed by atoms with E-state index in [1.165, 1.54) is 86.5 Å². The Morgan fingerprint density at radius 3 is 1.21 bits per heavy atom. The Hall–Kier alpha value is -1.60. The fraction of sp³-hybridized carbons (Fsp3) is 0.625. The predicted molar refractivity (Wildman–Crippen MR) is 145 cm³/mol. The van der Waals surface area contributed by atoms with Crippen LogP contribution in [0.2, 0.25) is 0 Å². The largest absolute Gasteiger partial charge is 0.381 e. The van der Waals surface area contributed by atoms with Crippen LogP contribution in [0.25, 0.3) is 0 Å². The van der Waals surface area contributed by atoms with E-state index in [1.54, 1.807) is 0 Å². The summed E-state index contributed by atoms with van der Waals surface area (Å²) in [5.74, 6) is 0. The number of rotatable bonds is 16. The van der Waals surface area contributed by atoms with Gasteiger partial charge in [0.2, 0.25) is 0 Å². The monoisotopic (exact) mass is 450 g/mol. The average molecular weight is 451 g/mol. The normalized spacial score (nSPS) is 12.3. The highest BCUT2D eigenvalue weighted by Crippen LogP contribution is 2.28. The van der Waals surface area contributed by atoms with Crippen LogP contribution in [0.3, 0.4) is 0 Å². The summed E-state index contributed by atoms with van der Waals surface area (Å²) >= 11 is 0. The minimum atomic E-state index is 0.285. The Kier molecular flexibility index (Phi) is 11.7. The minimum absolute atomic E-state index is 0.285. The van der Waals surface area contributed by atoms with E-state index in [0.717, 1.165) is 13.2 Å². The first-order valence-electron chi connectivity index (χ1n) is 13.5. The highest BCUT2D eigenvalue weighted by molar-refractivity contribution is 5.29. The first kappa shape index (κ1) is 27.6. The van der Waals surface area contributed by atoms with Gasteiger partial charge in [0.1, 0.15) is 0 Å². The highest BCUT2D eigenvalue weighted by Gasteiger charge is 2.18. The Morgan fingerprint density at radius 2 is 0.879 bits per heavy atom. The van der Waals surface area contributed by atoms with Crippen molar-refractivity contribution in [2.24, 2.45) is 0 Å². The fourth-order valence-corrected chi connectivity index (χ4v) is 4.18. The summed E-state index contributed by atoms with van der Waals surface area (Å²) in [5.41, 5.74) is 6.41. The lowest BCUT2D eigenvalue weighted by molar-refractivity contribution is 0.126. The molecule has 1 nitrogen and oxygen atoms in total. The summed E-state index contributed by atoms with van der Waals surface area (Å²) in [7, 11) is 0. The maximum atomic E-state index is 5.87.